The molecule has 5 heterocycles. The zero-order valence-corrected chi connectivity index (χ0v) is 41.7. The lowest BCUT2D eigenvalue weighted by molar-refractivity contribution is -0.143. The van der Waals surface area contributed by atoms with Crippen LogP contribution in [0.3, 0.4) is 0 Å². The Kier molecular flexibility index (Phi) is 16.6. The Morgan fingerprint density at radius 1 is 0.800 bits per heavy atom. The molecule has 3 aliphatic heterocycles. The van der Waals surface area contributed by atoms with E-state index in [9.17, 15) is 19.5 Å². The van der Waals surface area contributed by atoms with Crippen LogP contribution in [0, 0.1) is 61.2 Å². The first kappa shape index (κ1) is 49.7. The van der Waals surface area contributed by atoms with Crippen molar-refractivity contribution in [2.75, 3.05) is 13.7 Å². The van der Waals surface area contributed by atoms with Crippen LogP contribution in [0.4, 0.5) is 0 Å². The number of esters is 2. The van der Waals surface area contributed by atoms with Gasteiger partial charge in [0.2, 0.25) is 0 Å². The largest absolute Gasteiger partial charge is 0.510 e. The Hall–Kier alpha value is -4.73. The highest BCUT2D eigenvalue weighted by Crippen LogP contribution is 2.43. The summed E-state index contributed by atoms with van der Waals surface area (Å²) in [4.78, 5) is 47.6. The molecule has 8 atom stereocenters. The van der Waals surface area contributed by atoms with Gasteiger partial charge in [-0.2, -0.15) is 0 Å². The predicted molar refractivity (Wildman–Crippen MR) is 264 cm³/mol. The Morgan fingerprint density at radius 3 is 2.08 bits per heavy atom. The molecule has 4 aliphatic rings. The maximum Gasteiger partial charge on any atom is 0.320 e. The van der Waals surface area contributed by atoms with E-state index < -0.39 is 17.9 Å². The Bertz CT molecular complexity index is 2340. The molecule has 10 heteroatoms. The molecule has 2 aromatic rings. The van der Waals surface area contributed by atoms with E-state index in [-0.39, 0.29) is 54.2 Å². The number of ketones is 1. The smallest absolute Gasteiger partial charge is 0.320 e. The number of nitrogens with one attached hydrogen (secondary N) is 4. The monoisotopic (exact) mass is 893 g/mol. The van der Waals surface area contributed by atoms with Gasteiger partial charge >= 0.3 is 11.9 Å². The van der Waals surface area contributed by atoms with Crippen LogP contribution in [-0.4, -0.2) is 52.6 Å². The fourth-order valence-electron chi connectivity index (χ4n) is 11.3. The van der Waals surface area contributed by atoms with E-state index in [4.69, 9.17) is 9.47 Å². The van der Waals surface area contributed by atoms with Gasteiger partial charge in [-0.15, -0.1) is 0 Å². The molecule has 0 aromatic carbocycles. The van der Waals surface area contributed by atoms with Gasteiger partial charge in [-0.05, 0) is 118 Å². The van der Waals surface area contributed by atoms with Gasteiger partial charge in [-0.25, -0.2) is 0 Å². The molecule has 1 aliphatic carbocycles. The number of hydrogen-bond donors (Lipinski definition) is 5. The SMILES string of the molecule is CC[C@H]1/C2=C/c3[nH]c4c(c3C)=C(O)[C@H](C(=O)OC)C=4C3N/C(=C\c4[nH]c(c(C(C)=O)c4C)/C=C(/N2)[C@@H]1C)[C@@H](C)[C@@H]3CCC(=O)OC/C=C(\C)CCC[C@H](C)CCC[C@H](C)CCCC(C)C. The van der Waals surface area contributed by atoms with Crippen LogP contribution in [0.2, 0.25) is 0 Å². The second-order valence-electron chi connectivity index (χ2n) is 20.7. The number of Topliss-reactive ketones (excluding diaryl/α,β-unsaturated/α-hetero) is 1. The van der Waals surface area contributed by atoms with Crippen LogP contribution in [0.15, 0.2) is 28.7 Å². The number of aromatic amines is 2. The predicted octanol–water partition coefficient (Wildman–Crippen LogP) is 10.7. The minimum absolute atomic E-state index is 0.0169. The number of fused-ring (bicyclic) bond motifs is 8. The zero-order chi connectivity index (χ0) is 47.3. The Balaban J connectivity index is 1.21. The van der Waals surface area contributed by atoms with Crippen molar-refractivity contribution in [3.8, 4) is 0 Å². The first-order chi connectivity index (χ1) is 30.9. The summed E-state index contributed by atoms with van der Waals surface area (Å²) in [5, 5.41) is 20.8. The Morgan fingerprint density at radius 2 is 1.43 bits per heavy atom. The topological polar surface area (TPSA) is 146 Å². The molecule has 2 fully saturated rings. The van der Waals surface area contributed by atoms with Crippen LogP contribution in [-0.2, 0) is 19.1 Å². The fraction of sp³-hybridized carbons (Fsp3) is 0.618. The van der Waals surface area contributed by atoms with Crippen LogP contribution < -0.4 is 21.2 Å². The lowest BCUT2D eigenvalue weighted by Crippen LogP contribution is -2.38. The average molecular weight is 893 g/mol. The van der Waals surface area contributed by atoms with Crippen molar-refractivity contribution < 1.29 is 29.0 Å². The van der Waals surface area contributed by atoms with Crippen molar-refractivity contribution in [3.05, 3.63) is 73.1 Å². The second kappa shape index (κ2) is 21.7. The van der Waals surface area contributed by atoms with Gasteiger partial charge in [0, 0.05) is 63.4 Å². The Labute approximate surface area is 389 Å². The highest BCUT2D eigenvalue weighted by molar-refractivity contribution is 6.00. The van der Waals surface area contributed by atoms with E-state index in [2.05, 4.69) is 94.2 Å². The molecular formula is C55H80N4O6. The summed E-state index contributed by atoms with van der Waals surface area (Å²) in [6.45, 7) is 23.9. The fourth-order valence-corrected chi connectivity index (χ4v) is 11.3. The van der Waals surface area contributed by atoms with Gasteiger partial charge in [0.15, 0.2) is 5.78 Å². The maximum absolute atomic E-state index is 13.7. The average Bonchev–Trinajstić information content (AvgIpc) is 4.00. The first-order valence-corrected chi connectivity index (χ1v) is 24.9. The molecule has 6 rings (SSSR count). The van der Waals surface area contributed by atoms with E-state index >= 15 is 0 Å². The molecule has 0 radical (unpaired) electrons. The van der Waals surface area contributed by atoms with Crippen molar-refractivity contribution in [3.63, 3.8) is 0 Å². The van der Waals surface area contributed by atoms with Crippen LogP contribution in [0.25, 0.3) is 29.6 Å². The van der Waals surface area contributed by atoms with Gasteiger partial charge in [0.25, 0.3) is 0 Å². The van der Waals surface area contributed by atoms with E-state index in [1.165, 1.54) is 57.6 Å². The molecule has 356 valence electrons. The van der Waals surface area contributed by atoms with E-state index in [0.717, 1.165) is 82.3 Å². The number of methoxy groups -OCH3 is 1. The van der Waals surface area contributed by atoms with Crippen molar-refractivity contribution in [2.45, 2.75) is 159 Å². The minimum Gasteiger partial charge on any atom is -0.510 e. The highest BCUT2D eigenvalue weighted by Gasteiger charge is 2.47. The number of rotatable bonds is 20. The number of aliphatic hydroxyl groups is 1. The molecule has 2 saturated heterocycles. The second-order valence-corrected chi connectivity index (χ2v) is 20.7. The van der Waals surface area contributed by atoms with Gasteiger partial charge in [-0.3, -0.25) is 14.4 Å². The lowest BCUT2D eigenvalue weighted by Gasteiger charge is -2.26. The number of aliphatic hydroxyl groups excluding tert-OH is 1. The minimum atomic E-state index is -1.02. The molecule has 10 nitrogen and oxygen atoms in total. The number of carbonyl (C=O) groups is 3. The molecule has 1 unspecified atom stereocenters. The molecule has 5 N–H and O–H groups in total. The summed E-state index contributed by atoms with van der Waals surface area (Å²) >= 11 is 0. The third-order valence-electron chi connectivity index (χ3n) is 15.4. The van der Waals surface area contributed by atoms with E-state index in [0.29, 0.717) is 28.1 Å². The lowest BCUT2D eigenvalue weighted by atomic mass is 9.80. The van der Waals surface area contributed by atoms with Crippen LogP contribution in [0.1, 0.15) is 178 Å². The van der Waals surface area contributed by atoms with Gasteiger partial charge < -0.3 is 35.2 Å². The van der Waals surface area contributed by atoms with Gasteiger partial charge in [0.05, 0.1) is 24.2 Å². The molecule has 0 amide bonds. The highest BCUT2D eigenvalue weighted by atomic mass is 16.5. The standard InChI is InChI=1S/C55H80N4O6/c1-13-39-34(7)41-29-46-48(38(11)60)36(9)43(57-46)27-42-35(8)40(52(58-42)50-51(55(63)64-12)54(62)49-37(10)44(59-53(49)50)28-45(39)56-41)23-24-47(61)65-26-25-33(6)22-16-21-32(5)20-15-19-31(4)18-14-17-30(2)3/h25,27-32,34-35,39-40,51-52,56-59,62H,13-24,26H2,1-12H3/b33-25+,41-29+,42-27-,45-28-/t31-,32-,34-,35+,39-,40+,51-,52?/m1/s1. The number of ether oxygens (including phenoxy) is 2. The zero-order valence-electron chi connectivity index (χ0n) is 41.7. The third kappa shape index (κ3) is 11.1. The molecule has 0 saturated carbocycles. The van der Waals surface area contributed by atoms with E-state index in [1.54, 1.807) is 6.92 Å². The molecule has 2 aromatic heterocycles. The molecular weight excluding hydrogens is 813 g/mol. The first-order valence-electron chi connectivity index (χ1n) is 24.9. The number of hydrogen-bond acceptors (Lipinski definition) is 8. The number of H-pyrrole nitrogens is 2. The van der Waals surface area contributed by atoms with Crippen molar-refractivity contribution in [1.82, 2.24) is 20.6 Å². The molecule has 8 bridgehead atoms. The molecule has 65 heavy (non-hydrogen) atoms. The van der Waals surface area contributed by atoms with Gasteiger partial charge in [-0.1, -0.05) is 99.0 Å². The van der Waals surface area contributed by atoms with Crippen LogP contribution in [0.5, 0.6) is 0 Å². The summed E-state index contributed by atoms with van der Waals surface area (Å²) < 4.78 is 11.2. The quantitative estimate of drug-likeness (QED) is 0.0502. The summed E-state index contributed by atoms with van der Waals surface area (Å²) in [5.74, 6) is 0.576. The third-order valence-corrected chi connectivity index (χ3v) is 15.4. The number of aromatic nitrogens is 2. The van der Waals surface area contributed by atoms with Crippen molar-refractivity contribution in [2.24, 2.45) is 47.3 Å². The van der Waals surface area contributed by atoms with E-state index in [1.807, 2.05) is 19.9 Å². The summed E-state index contributed by atoms with van der Waals surface area (Å²) in [7, 11) is 1.35. The number of carbonyl (C=O) groups excluding carboxylic acids is 3. The summed E-state index contributed by atoms with van der Waals surface area (Å²) in [5.41, 5.74) is 9.71. The number of allylic oxidation sites excluding steroid dienone is 4. The van der Waals surface area contributed by atoms with Gasteiger partial charge in [0.1, 0.15) is 18.3 Å². The molecule has 0 spiro atoms. The summed E-state index contributed by atoms with van der Waals surface area (Å²) in [6.07, 6.45) is 21.2. The van der Waals surface area contributed by atoms with Crippen molar-refractivity contribution in [1.29, 1.82) is 0 Å². The normalized spacial score (nSPS) is 25.9. The van der Waals surface area contributed by atoms with Crippen molar-refractivity contribution >= 4 is 47.3 Å². The van der Waals surface area contributed by atoms with Crippen LogP contribution >= 0.6 is 0 Å². The summed E-state index contributed by atoms with van der Waals surface area (Å²) in [6, 6.07) is -0.438. The maximum atomic E-state index is 13.7.